The lowest BCUT2D eigenvalue weighted by molar-refractivity contribution is -0.119. The molecule has 0 aromatic heterocycles. The second kappa shape index (κ2) is 7.85. The Morgan fingerprint density at radius 1 is 1.29 bits per heavy atom. The molecular formula is C14H20ClN3O3. The number of hydrogen-bond donors (Lipinski definition) is 3. The van der Waals surface area contributed by atoms with Gasteiger partial charge in [0.15, 0.2) is 6.61 Å². The zero-order chi connectivity index (χ0) is 14.5. The van der Waals surface area contributed by atoms with Crippen LogP contribution in [0.3, 0.4) is 0 Å². The van der Waals surface area contributed by atoms with Crippen molar-refractivity contribution < 1.29 is 14.3 Å². The first-order chi connectivity index (χ1) is 9.60. The van der Waals surface area contributed by atoms with Crippen LogP contribution in [0.1, 0.15) is 23.2 Å². The molecular weight excluding hydrogens is 294 g/mol. The van der Waals surface area contributed by atoms with E-state index in [1.54, 1.807) is 24.3 Å². The molecule has 116 valence electrons. The number of halogens is 1. The Morgan fingerprint density at radius 2 is 1.90 bits per heavy atom. The molecule has 2 amide bonds. The lowest BCUT2D eigenvalue weighted by Gasteiger charge is -2.16. The summed E-state index contributed by atoms with van der Waals surface area (Å²) in [6.07, 6.45) is 2.25. The van der Waals surface area contributed by atoms with Gasteiger partial charge >= 0.3 is 0 Å². The second-order valence-corrected chi connectivity index (χ2v) is 4.93. The molecule has 1 unspecified atom stereocenters. The lowest BCUT2D eigenvalue weighted by Crippen LogP contribution is -2.41. The number of nitrogens with one attached hydrogen (secondary N) is 1. The summed E-state index contributed by atoms with van der Waals surface area (Å²) in [5.74, 6) is 0.330. The number of ether oxygens (including phenoxy) is 1. The molecule has 7 heteroatoms. The lowest BCUT2D eigenvalue weighted by atomic mass is 10.1. The van der Waals surface area contributed by atoms with E-state index in [-0.39, 0.29) is 31.0 Å². The molecule has 0 radical (unpaired) electrons. The summed E-state index contributed by atoms with van der Waals surface area (Å²) >= 11 is 0. The van der Waals surface area contributed by atoms with Gasteiger partial charge in [-0.25, -0.2) is 0 Å². The van der Waals surface area contributed by atoms with Crippen molar-refractivity contribution in [2.75, 3.05) is 13.2 Å². The Bertz CT molecular complexity index is 489. The predicted octanol–water partition coefficient (Wildman–Crippen LogP) is 0.440. The largest absolute Gasteiger partial charge is 0.484 e. The molecule has 0 bridgehead atoms. The molecule has 5 N–H and O–H groups in total. The number of carbonyl (C=O) groups is 2. The molecule has 0 spiro atoms. The molecule has 1 aliphatic rings. The van der Waals surface area contributed by atoms with E-state index < -0.39 is 5.91 Å². The van der Waals surface area contributed by atoms with Gasteiger partial charge in [0.05, 0.1) is 0 Å². The highest BCUT2D eigenvalue weighted by molar-refractivity contribution is 5.94. The summed E-state index contributed by atoms with van der Waals surface area (Å²) in [7, 11) is 0. The van der Waals surface area contributed by atoms with Gasteiger partial charge in [-0.15, -0.1) is 12.4 Å². The van der Waals surface area contributed by atoms with Gasteiger partial charge < -0.3 is 21.5 Å². The van der Waals surface area contributed by atoms with Crippen LogP contribution >= 0.6 is 12.4 Å². The van der Waals surface area contributed by atoms with Gasteiger partial charge in [0, 0.05) is 18.2 Å². The Hall–Kier alpha value is -1.79. The molecule has 0 aliphatic heterocycles. The number of amides is 2. The van der Waals surface area contributed by atoms with E-state index >= 15 is 0 Å². The van der Waals surface area contributed by atoms with Gasteiger partial charge in [-0.3, -0.25) is 9.59 Å². The van der Waals surface area contributed by atoms with E-state index in [0.717, 1.165) is 12.8 Å². The summed E-state index contributed by atoms with van der Waals surface area (Å²) in [6, 6.07) is 6.60. The molecule has 2 rings (SSSR count). The van der Waals surface area contributed by atoms with Crippen LogP contribution in [0.4, 0.5) is 0 Å². The maximum absolute atomic E-state index is 12.0. The van der Waals surface area contributed by atoms with E-state index in [4.69, 9.17) is 16.2 Å². The van der Waals surface area contributed by atoms with Crippen molar-refractivity contribution in [3.05, 3.63) is 29.8 Å². The van der Waals surface area contributed by atoms with Gasteiger partial charge in [-0.1, -0.05) is 0 Å². The van der Waals surface area contributed by atoms with E-state index in [9.17, 15) is 9.59 Å². The number of carbonyl (C=O) groups excluding carboxylic acids is 2. The third kappa shape index (κ3) is 5.24. The minimum atomic E-state index is -0.540. The fourth-order valence-corrected chi connectivity index (χ4v) is 1.98. The van der Waals surface area contributed by atoms with Crippen LogP contribution in [0.2, 0.25) is 0 Å². The monoisotopic (exact) mass is 313 g/mol. The van der Waals surface area contributed by atoms with E-state index in [1.807, 2.05) is 0 Å². The highest BCUT2D eigenvalue weighted by atomic mass is 35.5. The first kappa shape index (κ1) is 17.3. The van der Waals surface area contributed by atoms with E-state index in [0.29, 0.717) is 23.8 Å². The first-order valence-corrected chi connectivity index (χ1v) is 6.62. The van der Waals surface area contributed by atoms with Crippen molar-refractivity contribution in [3.63, 3.8) is 0 Å². The molecule has 21 heavy (non-hydrogen) atoms. The molecule has 0 heterocycles. The first-order valence-electron chi connectivity index (χ1n) is 6.62. The van der Waals surface area contributed by atoms with Gasteiger partial charge in [0.1, 0.15) is 5.75 Å². The summed E-state index contributed by atoms with van der Waals surface area (Å²) in [5, 5.41) is 2.94. The zero-order valence-corrected chi connectivity index (χ0v) is 12.4. The molecule has 1 aromatic rings. The quantitative estimate of drug-likeness (QED) is 0.678. The molecule has 1 saturated carbocycles. The average Bonchev–Trinajstić information content (AvgIpc) is 3.27. The Balaban J connectivity index is 0.00000220. The Morgan fingerprint density at radius 3 is 2.38 bits per heavy atom. The number of nitrogens with two attached hydrogens (primary N) is 2. The third-order valence-corrected chi connectivity index (χ3v) is 3.26. The number of benzene rings is 1. The van der Waals surface area contributed by atoms with Crippen LogP contribution in [-0.4, -0.2) is 31.0 Å². The van der Waals surface area contributed by atoms with Crippen LogP contribution in [0.25, 0.3) is 0 Å². The Kier molecular flexibility index (Phi) is 6.45. The van der Waals surface area contributed by atoms with Crippen LogP contribution in [0, 0.1) is 5.92 Å². The zero-order valence-electron chi connectivity index (χ0n) is 11.6. The van der Waals surface area contributed by atoms with Crippen LogP contribution in [0.15, 0.2) is 24.3 Å². The van der Waals surface area contributed by atoms with E-state index in [1.165, 1.54) is 0 Å². The smallest absolute Gasteiger partial charge is 0.255 e. The van der Waals surface area contributed by atoms with Crippen molar-refractivity contribution in [1.82, 2.24) is 5.32 Å². The predicted molar refractivity (Wildman–Crippen MR) is 81.4 cm³/mol. The standard InChI is InChI=1S/C14H19N3O3.ClH/c15-7-12(9-1-2-9)17-14(19)10-3-5-11(6-4-10)20-8-13(16)18;/h3-6,9,12H,1-2,7-8,15H2,(H2,16,18)(H,17,19);1H. The number of primary amides is 1. The topological polar surface area (TPSA) is 107 Å². The van der Waals surface area contributed by atoms with E-state index in [2.05, 4.69) is 5.32 Å². The molecule has 6 nitrogen and oxygen atoms in total. The summed E-state index contributed by atoms with van der Waals surface area (Å²) in [6.45, 7) is 0.276. The minimum Gasteiger partial charge on any atom is -0.484 e. The Labute approximate surface area is 129 Å². The van der Waals surface area contributed by atoms with Gasteiger partial charge in [0.2, 0.25) is 0 Å². The van der Waals surface area contributed by atoms with Crippen molar-refractivity contribution in [2.45, 2.75) is 18.9 Å². The van der Waals surface area contributed by atoms with Crippen molar-refractivity contribution >= 4 is 24.2 Å². The molecule has 0 saturated heterocycles. The maximum atomic E-state index is 12.0. The van der Waals surface area contributed by atoms with Crippen LogP contribution in [-0.2, 0) is 4.79 Å². The van der Waals surface area contributed by atoms with Gasteiger partial charge in [-0.2, -0.15) is 0 Å². The van der Waals surface area contributed by atoms with Crippen molar-refractivity contribution in [2.24, 2.45) is 17.4 Å². The van der Waals surface area contributed by atoms with Crippen LogP contribution in [0.5, 0.6) is 5.75 Å². The van der Waals surface area contributed by atoms with Crippen molar-refractivity contribution in [3.8, 4) is 5.75 Å². The summed E-state index contributed by atoms with van der Waals surface area (Å²) in [4.78, 5) is 22.6. The molecule has 1 aromatic carbocycles. The van der Waals surface area contributed by atoms with Gasteiger partial charge in [-0.05, 0) is 43.0 Å². The fraction of sp³-hybridized carbons (Fsp3) is 0.429. The molecule has 1 atom stereocenters. The van der Waals surface area contributed by atoms with Crippen molar-refractivity contribution in [1.29, 1.82) is 0 Å². The normalized spacial score (nSPS) is 14.7. The van der Waals surface area contributed by atoms with Crippen LogP contribution < -0.4 is 21.5 Å². The summed E-state index contributed by atoms with van der Waals surface area (Å²) in [5.41, 5.74) is 11.2. The third-order valence-electron chi connectivity index (χ3n) is 3.26. The van der Waals surface area contributed by atoms with Gasteiger partial charge in [0.25, 0.3) is 11.8 Å². The number of rotatable bonds is 7. The molecule has 1 aliphatic carbocycles. The minimum absolute atomic E-state index is 0. The second-order valence-electron chi connectivity index (χ2n) is 4.93. The molecule has 1 fully saturated rings. The fourth-order valence-electron chi connectivity index (χ4n) is 1.98. The maximum Gasteiger partial charge on any atom is 0.255 e. The average molecular weight is 314 g/mol. The SMILES string of the molecule is Cl.NCC(NC(=O)c1ccc(OCC(N)=O)cc1)C1CC1. The highest BCUT2D eigenvalue weighted by Crippen LogP contribution is 2.32. The number of hydrogen-bond acceptors (Lipinski definition) is 4. The highest BCUT2D eigenvalue weighted by Gasteiger charge is 2.31. The summed E-state index contributed by atoms with van der Waals surface area (Å²) < 4.78 is 5.13.